The SMILES string of the molecule is COc1ccc(C2SCC(C(=O)NCc3ccc(F)cc3)N2C(=O)C(C)C)cc1OC. The number of amides is 2. The number of carbonyl (C=O) groups is 2. The van der Waals surface area contributed by atoms with E-state index in [2.05, 4.69) is 5.32 Å². The minimum Gasteiger partial charge on any atom is -0.493 e. The summed E-state index contributed by atoms with van der Waals surface area (Å²) in [5.41, 5.74) is 1.66. The maximum absolute atomic E-state index is 13.1. The molecule has 2 aromatic carbocycles. The molecular weight excluding hydrogens is 419 g/mol. The van der Waals surface area contributed by atoms with Crippen LogP contribution in [0.1, 0.15) is 30.3 Å². The maximum Gasteiger partial charge on any atom is 0.243 e. The minimum atomic E-state index is -0.599. The molecule has 0 spiro atoms. The van der Waals surface area contributed by atoms with Crippen LogP contribution in [-0.2, 0) is 16.1 Å². The average molecular weight is 447 g/mol. The van der Waals surface area contributed by atoms with Crippen LogP contribution in [0.25, 0.3) is 0 Å². The van der Waals surface area contributed by atoms with E-state index >= 15 is 0 Å². The van der Waals surface area contributed by atoms with Crippen LogP contribution in [0, 0.1) is 11.7 Å². The van der Waals surface area contributed by atoms with E-state index in [9.17, 15) is 14.0 Å². The van der Waals surface area contributed by atoms with Crippen molar-refractivity contribution in [2.45, 2.75) is 31.8 Å². The normalized spacial score (nSPS) is 18.2. The Hall–Kier alpha value is -2.74. The molecule has 2 atom stereocenters. The van der Waals surface area contributed by atoms with E-state index in [1.54, 1.807) is 49.1 Å². The summed E-state index contributed by atoms with van der Waals surface area (Å²) in [5, 5.41) is 2.57. The molecule has 0 bridgehead atoms. The maximum atomic E-state index is 13.1. The van der Waals surface area contributed by atoms with Crippen molar-refractivity contribution in [2.75, 3.05) is 20.0 Å². The highest BCUT2D eigenvalue weighted by Gasteiger charge is 2.43. The molecule has 1 N–H and O–H groups in total. The van der Waals surface area contributed by atoms with Crippen LogP contribution in [0.5, 0.6) is 11.5 Å². The highest BCUT2D eigenvalue weighted by Crippen LogP contribution is 2.44. The lowest BCUT2D eigenvalue weighted by atomic mass is 10.1. The average Bonchev–Trinajstić information content (AvgIpc) is 3.22. The van der Waals surface area contributed by atoms with Crippen molar-refractivity contribution < 1.29 is 23.5 Å². The van der Waals surface area contributed by atoms with Crippen molar-refractivity contribution in [1.82, 2.24) is 10.2 Å². The molecule has 3 rings (SSSR count). The van der Waals surface area contributed by atoms with Crippen LogP contribution in [0.4, 0.5) is 4.39 Å². The zero-order valence-electron chi connectivity index (χ0n) is 18.1. The van der Waals surface area contributed by atoms with Crippen LogP contribution >= 0.6 is 11.8 Å². The number of rotatable bonds is 7. The second-order valence-electron chi connectivity index (χ2n) is 7.56. The molecule has 2 unspecified atom stereocenters. The number of nitrogens with one attached hydrogen (secondary N) is 1. The van der Waals surface area contributed by atoms with Gasteiger partial charge in [-0.2, -0.15) is 0 Å². The van der Waals surface area contributed by atoms with E-state index in [-0.39, 0.29) is 35.5 Å². The number of hydrogen-bond acceptors (Lipinski definition) is 5. The Bertz CT molecular complexity index is 936. The van der Waals surface area contributed by atoms with E-state index < -0.39 is 6.04 Å². The van der Waals surface area contributed by atoms with Gasteiger partial charge in [-0.25, -0.2) is 4.39 Å². The number of carbonyl (C=O) groups excluding carboxylic acids is 2. The Morgan fingerprint density at radius 3 is 2.42 bits per heavy atom. The summed E-state index contributed by atoms with van der Waals surface area (Å²) in [6, 6.07) is 10.9. The molecule has 1 fully saturated rings. The first-order valence-corrected chi connectivity index (χ1v) is 11.1. The second kappa shape index (κ2) is 10.0. The second-order valence-corrected chi connectivity index (χ2v) is 8.67. The van der Waals surface area contributed by atoms with Gasteiger partial charge in [-0.3, -0.25) is 9.59 Å². The molecule has 8 heteroatoms. The van der Waals surface area contributed by atoms with Crippen LogP contribution < -0.4 is 14.8 Å². The molecule has 2 amide bonds. The van der Waals surface area contributed by atoms with Gasteiger partial charge in [0.15, 0.2) is 11.5 Å². The molecule has 1 aliphatic rings. The van der Waals surface area contributed by atoms with E-state index in [1.807, 2.05) is 26.0 Å². The number of benzene rings is 2. The fourth-order valence-electron chi connectivity index (χ4n) is 3.45. The van der Waals surface area contributed by atoms with Gasteiger partial charge in [0.05, 0.1) is 14.2 Å². The molecule has 0 aromatic heterocycles. The first-order chi connectivity index (χ1) is 14.8. The third-order valence-corrected chi connectivity index (χ3v) is 6.45. The van der Waals surface area contributed by atoms with Crippen molar-refractivity contribution in [2.24, 2.45) is 5.92 Å². The van der Waals surface area contributed by atoms with E-state index in [0.717, 1.165) is 11.1 Å². The molecule has 2 aromatic rings. The van der Waals surface area contributed by atoms with Gasteiger partial charge in [-0.1, -0.05) is 32.0 Å². The highest BCUT2D eigenvalue weighted by atomic mass is 32.2. The van der Waals surface area contributed by atoms with Crippen molar-refractivity contribution in [3.8, 4) is 11.5 Å². The quantitative estimate of drug-likeness (QED) is 0.702. The molecule has 0 aliphatic carbocycles. The van der Waals surface area contributed by atoms with Crippen LogP contribution in [0.2, 0.25) is 0 Å². The summed E-state index contributed by atoms with van der Waals surface area (Å²) < 4.78 is 23.8. The van der Waals surface area contributed by atoms with Gasteiger partial charge in [0, 0.05) is 18.2 Å². The Labute approximate surface area is 186 Å². The molecule has 0 saturated carbocycles. The third kappa shape index (κ3) is 5.12. The summed E-state index contributed by atoms with van der Waals surface area (Å²) in [5.74, 6) is 0.751. The van der Waals surface area contributed by atoms with E-state index in [0.29, 0.717) is 17.3 Å². The van der Waals surface area contributed by atoms with E-state index in [1.165, 1.54) is 12.1 Å². The largest absolute Gasteiger partial charge is 0.493 e. The lowest BCUT2D eigenvalue weighted by molar-refractivity contribution is -0.142. The number of methoxy groups -OCH3 is 2. The van der Waals surface area contributed by atoms with Gasteiger partial charge >= 0.3 is 0 Å². The Morgan fingerprint density at radius 2 is 1.81 bits per heavy atom. The monoisotopic (exact) mass is 446 g/mol. The molecule has 166 valence electrons. The lowest BCUT2D eigenvalue weighted by Crippen LogP contribution is -2.49. The van der Waals surface area contributed by atoms with Gasteiger partial charge in [-0.05, 0) is 35.4 Å². The first kappa shape index (κ1) is 22.9. The Morgan fingerprint density at radius 1 is 1.13 bits per heavy atom. The number of halogens is 1. The molecule has 6 nitrogen and oxygen atoms in total. The first-order valence-electron chi connectivity index (χ1n) is 10.0. The van der Waals surface area contributed by atoms with E-state index in [4.69, 9.17) is 9.47 Å². The van der Waals surface area contributed by atoms with Crippen LogP contribution in [-0.4, -0.2) is 42.7 Å². The summed E-state index contributed by atoms with van der Waals surface area (Å²) in [7, 11) is 3.13. The van der Waals surface area contributed by atoms with Crippen LogP contribution in [0.15, 0.2) is 42.5 Å². The van der Waals surface area contributed by atoms with Crippen molar-refractivity contribution >= 4 is 23.6 Å². The van der Waals surface area contributed by atoms with Gasteiger partial charge in [-0.15, -0.1) is 11.8 Å². The number of nitrogens with zero attached hydrogens (tertiary/aromatic N) is 1. The standard InChI is InChI=1S/C23H27FN2O4S/c1-14(2)22(28)26-18(21(27)25-12-15-5-8-17(24)9-6-15)13-31-23(26)16-7-10-19(29-3)20(11-16)30-4/h5-11,14,18,23H,12-13H2,1-4H3,(H,25,27). The van der Waals surface area contributed by atoms with Crippen molar-refractivity contribution in [1.29, 1.82) is 0 Å². The summed E-state index contributed by atoms with van der Waals surface area (Å²) in [4.78, 5) is 27.7. The topological polar surface area (TPSA) is 67.9 Å². The lowest BCUT2D eigenvalue weighted by Gasteiger charge is -2.30. The fourth-order valence-corrected chi connectivity index (χ4v) is 4.88. The molecule has 1 aliphatic heterocycles. The molecule has 31 heavy (non-hydrogen) atoms. The number of thioether (sulfide) groups is 1. The molecule has 1 saturated heterocycles. The van der Waals surface area contributed by atoms with Gasteiger partial charge in [0.1, 0.15) is 17.2 Å². The Kier molecular flexibility index (Phi) is 7.43. The summed E-state index contributed by atoms with van der Waals surface area (Å²) >= 11 is 1.54. The van der Waals surface area contributed by atoms with Gasteiger partial charge in [0.25, 0.3) is 0 Å². The summed E-state index contributed by atoms with van der Waals surface area (Å²) in [6.07, 6.45) is 0. The predicted octanol–water partition coefficient (Wildman–Crippen LogP) is 3.76. The minimum absolute atomic E-state index is 0.0910. The zero-order valence-corrected chi connectivity index (χ0v) is 18.9. The zero-order chi connectivity index (χ0) is 22.5. The number of ether oxygens (including phenoxy) is 2. The smallest absolute Gasteiger partial charge is 0.243 e. The van der Waals surface area contributed by atoms with Crippen molar-refractivity contribution in [3.05, 3.63) is 59.4 Å². The predicted molar refractivity (Wildman–Crippen MR) is 118 cm³/mol. The summed E-state index contributed by atoms with van der Waals surface area (Å²) in [6.45, 7) is 3.92. The molecular formula is C23H27FN2O4S. The fraction of sp³-hybridized carbons (Fsp3) is 0.391. The number of hydrogen-bond donors (Lipinski definition) is 1. The van der Waals surface area contributed by atoms with Gasteiger partial charge in [0.2, 0.25) is 11.8 Å². The Balaban J connectivity index is 1.81. The van der Waals surface area contributed by atoms with Crippen LogP contribution in [0.3, 0.4) is 0 Å². The highest BCUT2D eigenvalue weighted by molar-refractivity contribution is 7.99. The molecule has 1 heterocycles. The van der Waals surface area contributed by atoms with Crippen molar-refractivity contribution in [3.63, 3.8) is 0 Å². The third-order valence-electron chi connectivity index (χ3n) is 5.12. The van der Waals surface area contributed by atoms with Gasteiger partial charge < -0.3 is 19.7 Å². The molecule has 0 radical (unpaired) electrons.